The van der Waals surface area contributed by atoms with E-state index in [2.05, 4.69) is 40.2 Å². The van der Waals surface area contributed by atoms with Crippen molar-refractivity contribution < 1.29 is 14.6 Å². The maximum absolute atomic E-state index is 9.68. The number of aliphatic hydroxyl groups excluding tert-OH is 1. The molecule has 4 rings (SSSR count). The fourth-order valence-electron chi connectivity index (χ4n) is 4.34. The molecule has 1 N–H and O–H groups in total. The van der Waals surface area contributed by atoms with Crippen molar-refractivity contribution in [3.05, 3.63) is 45.6 Å². The number of hydrogen-bond acceptors (Lipinski definition) is 3. The van der Waals surface area contributed by atoms with Gasteiger partial charge >= 0.3 is 0 Å². The third-order valence-electron chi connectivity index (χ3n) is 5.38. The summed E-state index contributed by atoms with van der Waals surface area (Å²) in [7, 11) is 0. The lowest BCUT2D eigenvalue weighted by Crippen LogP contribution is -2.40. The van der Waals surface area contributed by atoms with Crippen LogP contribution in [0.5, 0.6) is 0 Å². The lowest BCUT2D eigenvalue weighted by molar-refractivity contribution is -0.194. The second-order valence-corrected chi connectivity index (χ2v) is 7.48. The molecule has 1 aliphatic carbocycles. The molecule has 2 aliphatic heterocycles. The number of hydrogen-bond donors (Lipinski definition) is 1. The second-order valence-electron chi connectivity index (χ2n) is 6.56. The fraction of sp³-hybridized carbons (Fsp3) is 0.556. The summed E-state index contributed by atoms with van der Waals surface area (Å²) < 4.78 is 12.9. The van der Waals surface area contributed by atoms with Crippen LogP contribution in [-0.4, -0.2) is 24.6 Å². The molecule has 1 saturated carbocycles. The first-order chi connectivity index (χ1) is 10.8. The molecule has 0 radical (unpaired) electrons. The van der Waals surface area contributed by atoms with Crippen LogP contribution in [0, 0.1) is 11.8 Å². The fourth-order valence-corrected chi connectivity index (χ4v) is 4.60. The summed E-state index contributed by atoms with van der Waals surface area (Å²) in [6, 6.07) is 8.64. The Hall–Kier alpha value is -0.840. The first kappa shape index (κ1) is 14.7. The van der Waals surface area contributed by atoms with Gasteiger partial charge in [0.05, 0.1) is 6.61 Å². The summed E-state index contributed by atoms with van der Waals surface area (Å²) in [5, 5.41) is 9.68. The first-order valence-corrected chi connectivity index (χ1v) is 8.92. The average Bonchev–Trinajstić information content (AvgIpc) is 3.00. The molecule has 0 unspecified atom stereocenters. The van der Waals surface area contributed by atoms with Crippen LogP contribution in [0.1, 0.15) is 37.2 Å². The number of benzene rings is 1. The number of allylic oxidation sites excluding steroid dienone is 1. The molecule has 1 aromatic rings. The second kappa shape index (κ2) is 5.99. The van der Waals surface area contributed by atoms with Crippen molar-refractivity contribution in [2.45, 2.75) is 37.9 Å². The van der Waals surface area contributed by atoms with Gasteiger partial charge in [0.25, 0.3) is 0 Å². The quantitative estimate of drug-likeness (QED) is 0.862. The van der Waals surface area contributed by atoms with Crippen molar-refractivity contribution in [3.63, 3.8) is 0 Å². The van der Waals surface area contributed by atoms with Crippen LogP contribution in [0.25, 0.3) is 0 Å². The highest BCUT2D eigenvalue weighted by atomic mass is 79.9. The summed E-state index contributed by atoms with van der Waals surface area (Å²) in [4.78, 5) is 0. The van der Waals surface area contributed by atoms with E-state index in [1.165, 1.54) is 17.6 Å². The van der Waals surface area contributed by atoms with Gasteiger partial charge in [-0.2, -0.15) is 0 Å². The van der Waals surface area contributed by atoms with E-state index in [4.69, 9.17) is 9.47 Å². The van der Waals surface area contributed by atoms with Gasteiger partial charge in [0.2, 0.25) is 6.29 Å². The number of rotatable bonds is 2. The molecule has 118 valence electrons. The average molecular weight is 365 g/mol. The topological polar surface area (TPSA) is 38.7 Å². The van der Waals surface area contributed by atoms with E-state index in [-0.39, 0.29) is 12.9 Å². The van der Waals surface area contributed by atoms with Gasteiger partial charge in [0.1, 0.15) is 12.4 Å². The van der Waals surface area contributed by atoms with Crippen LogP contribution in [0.2, 0.25) is 0 Å². The van der Waals surface area contributed by atoms with Crippen molar-refractivity contribution in [1.29, 1.82) is 0 Å². The Morgan fingerprint density at radius 3 is 2.82 bits per heavy atom. The maximum Gasteiger partial charge on any atom is 0.202 e. The van der Waals surface area contributed by atoms with Crippen molar-refractivity contribution >= 4 is 15.9 Å². The largest absolute Gasteiger partial charge is 0.467 e. The van der Waals surface area contributed by atoms with Crippen LogP contribution in [0.15, 0.2) is 40.1 Å². The van der Waals surface area contributed by atoms with Crippen molar-refractivity contribution in [1.82, 2.24) is 0 Å². The molecular weight excluding hydrogens is 344 g/mol. The standard InChI is InChI=1S/C18H21BrO3/c19-13-5-3-11(4-6-13)12-8-15-14-2-1-7-21-18(14)22-17(10-20)16(15)9-12/h3-6,12,14-15,18,20H,1-2,7-10H2/t12-,14-,15+,18+/m1/s1. The van der Waals surface area contributed by atoms with E-state index in [0.29, 0.717) is 17.8 Å². The van der Waals surface area contributed by atoms with Gasteiger partial charge in [-0.25, -0.2) is 0 Å². The zero-order valence-corrected chi connectivity index (χ0v) is 14.1. The van der Waals surface area contributed by atoms with E-state index in [9.17, 15) is 5.11 Å². The summed E-state index contributed by atoms with van der Waals surface area (Å²) in [6.07, 6.45) is 4.30. The molecule has 0 spiro atoms. The number of ether oxygens (including phenoxy) is 2. The van der Waals surface area contributed by atoms with E-state index in [1.807, 2.05) is 0 Å². The van der Waals surface area contributed by atoms with Crippen LogP contribution < -0.4 is 0 Å². The number of halogens is 1. The monoisotopic (exact) mass is 364 g/mol. The highest BCUT2D eigenvalue weighted by Gasteiger charge is 2.46. The molecular formula is C18H21BrO3. The normalized spacial score (nSPS) is 34.1. The number of aliphatic hydroxyl groups is 1. The molecule has 4 atom stereocenters. The molecule has 0 aromatic heterocycles. The Morgan fingerprint density at radius 1 is 1.23 bits per heavy atom. The summed E-state index contributed by atoms with van der Waals surface area (Å²) in [5.41, 5.74) is 2.72. The minimum Gasteiger partial charge on any atom is -0.467 e. The van der Waals surface area contributed by atoms with E-state index >= 15 is 0 Å². The predicted octanol–water partition coefficient (Wildman–Crippen LogP) is 3.97. The van der Waals surface area contributed by atoms with Crippen LogP contribution >= 0.6 is 15.9 Å². The van der Waals surface area contributed by atoms with E-state index in [0.717, 1.165) is 36.1 Å². The third kappa shape index (κ3) is 2.51. The molecule has 3 aliphatic rings. The van der Waals surface area contributed by atoms with Crippen molar-refractivity contribution in [2.75, 3.05) is 13.2 Å². The van der Waals surface area contributed by atoms with Crippen LogP contribution in [0.4, 0.5) is 0 Å². The molecule has 1 aromatic carbocycles. The van der Waals surface area contributed by atoms with Gasteiger partial charge in [-0.05, 0) is 60.8 Å². The molecule has 0 amide bonds. The minimum absolute atomic E-state index is 0.00846. The Labute approximate surface area is 139 Å². The van der Waals surface area contributed by atoms with Crippen LogP contribution in [-0.2, 0) is 9.47 Å². The Kier molecular flexibility index (Phi) is 4.01. The van der Waals surface area contributed by atoms with Gasteiger partial charge < -0.3 is 14.6 Å². The van der Waals surface area contributed by atoms with Crippen LogP contribution in [0.3, 0.4) is 0 Å². The highest BCUT2D eigenvalue weighted by molar-refractivity contribution is 9.10. The Morgan fingerprint density at radius 2 is 2.05 bits per heavy atom. The molecule has 3 nitrogen and oxygen atoms in total. The molecule has 1 saturated heterocycles. The van der Waals surface area contributed by atoms with E-state index in [1.54, 1.807) is 0 Å². The Balaban J connectivity index is 1.63. The predicted molar refractivity (Wildman–Crippen MR) is 87.3 cm³/mol. The molecule has 22 heavy (non-hydrogen) atoms. The molecule has 2 fully saturated rings. The Bertz CT molecular complexity index is 580. The van der Waals surface area contributed by atoms with Gasteiger partial charge in [0, 0.05) is 10.4 Å². The zero-order chi connectivity index (χ0) is 15.1. The summed E-state index contributed by atoms with van der Waals surface area (Å²) in [6.45, 7) is 0.767. The van der Waals surface area contributed by atoms with Crippen molar-refractivity contribution in [3.8, 4) is 0 Å². The number of fused-ring (bicyclic) bond motifs is 3. The lowest BCUT2D eigenvalue weighted by atomic mass is 9.80. The van der Waals surface area contributed by atoms with E-state index < -0.39 is 0 Å². The third-order valence-corrected chi connectivity index (χ3v) is 5.91. The molecule has 0 bridgehead atoms. The zero-order valence-electron chi connectivity index (χ0n) is 12.5. The van der Waals surface area contributed by atoms with Gasteiger partial charge in [-0.3, -0.25) is 0 Å². The van der Waals surface area contributed by atoms with Gasteiger partial charge in [-0.15, -0.1) is 0 Å². The minimum atomic E-state index is -0.145. The summed E-state index contributed by atoms with van der Waals surface area (Å²) in [5.74, 6) is 2.26. The highest BCUT2D eigenvalue weighted by Crippen LogP contribution is 2.52. The maximum atomic E-state index is 9.68. The summed E-state index contributed by atoms with van der Waals surface area (Å²) >= 11 is 3.50. The molecule has 4 heteroatoms. The van der Waals surface area contributed by atoms with Gasteiger partial charge in [-0.1, -0.05) is 28.1 Å². The smallest absolute Gasteiger partial charge is 0.202 e. The lowest BCUT2D eigenvalue weighted by Gasteiger charge is -2.40. The molecule has 2 heterocycles. The SMILES string of the molecule is OCC1=C2C[C@H](c3ccc(Br)cc3)C[C@H]2[C@H]2CCCO[C@H]2O1. The first-order valence-electron chi connectivity index (χ1n) is 8.12. The van der Waals surface area contributed by atoms with Crippen molar-refractivity contribution in [2.24, 2.45) is 11.8 Å². The van der Waals surface area contributed by atoms with Gasteiger partial charge in [0.15, 0.2) is 0 Å².